The Morgan fingerprint density at radius 2 is 1.95 bits per heavy atom. The molecule has 1 aliphatic carbocycles. The Hall–Kier alpha value is -0.780. The maximum atomic E-state index is 12.4. The van der Waals surface area contributed by atoms with Crippen molar-refractivity contribution >= 4 is 21.7 Å². The van der Waals surface area contributed by atoms with E-state index in [1.54, 1.807) is 19.9 Å². The molecule has 0 bridgehead atoms. The standard InChI is InChI=1S/C13H16BrF3O2/c1-12(2,7-11(18)13(15,16)17)9-6-8(14)4-5-10(9)19-3/h6H,4-5,7H2,1-3H3. The summed E-state index contributed by atoms with van der Waals surface area (Å²) in [6.45, 7) is 3.24. The largest absolute Gasteiger partial charge is 0.501 e. The predicted molar refractivity (Wildman–Crippen MR) is 69.7 cm³/mol. The van der Waals surface area contributed by atoms with Crippen LogP contribution in [0.5, 0.6) is 0 Å². The molecule has 108 valence electrons. The van der Waals surface area contributed by atoms with E-state index >= 15 is 0 Å². The Balaban J connectivity index is 3.05. The van der Waals surface area contributed by atoms with Crippen molar-refractivity contribution < 1.29 is 22.7 Å². The van der Waals surface area contributed by atoms with Crippen LogP contribution in [0.3, 0.4) is 0 Å². The van der Waals surface area contributed by atoms with Gasteiger partial charge in [0.15, 0.2) is 0 Å². The molecule has 0 atom stereocenters. The van der Waals surface area contributed by atoms with Gasteiger partial charge in [-0.1, -0.05) is 29.8 Å². The van der Waals surface area contributed by atoms with E-state index in [4.69, 9.17) is 4.74 Å². The van der Waals surface area contributed by atoms with Crippen molar-refractivity contribution in [3.63, 3.8) is 0 Å². The maximum absolute atomic E-state index is 12.4. The van der Waals surface area contributed by atoms with Crippen LogP contribution in [0.4, 0.5) is 13.2 Å². The fourth-order valence-electron chi connectivity index (χ4n) is 2.06. The molecule has 0 heterocycles. The molecule has 19 heavy (non-hydrogen) atoms. The highest BCUT2D eigenvalue weighted by Crippen LogP contribution is 2.41. The first-order valence-electron chi connectivity index (χ1n) is 5.81. The first kappa shape index (κ1) is 16.3. The molecule has 0 saturated carbocycles. The summed E-state index contributed by atoms with van der Waals surface area (Å²) in [6, 6.07) is 0. The molecule has 0 aromatic carbocycles. The fraction of sp³-hybridized carbons (Fsp3) is 0.615. The molecule has 1 rings (SSSR count). The molecule has 0 N–H and O–H groups in total. The lowest BCUT2D eigenvalue weighted by molar-refractivity contribution is -0.172. The lowest BCUT2D eigenvalue weighted by Crippen LogP contribution is -2.30. The highest BCUT2D eigenvalue weighted by atomic mass is 79.9. The summed E-state index contributed by atoms with van der Waals surface area (Å²) in [6.07, 6.45) is -2.26. The molecule has 0 unspecified atom stereocenters. The van der Waals surface area contributed by atoms with E-state index in [0.717, 1.165) is 10.9 Å². The van der Waals surface area contributed by atoms with Gasteiger partial charge >= 0.3 is 6.18 Å². The number of ether oxygens (including phenoxy) is 1. The van der Waals surface area contributed by atoms with Gasteiger partial charge in [0.2, 0.25) is 5.78 Å². The molecule has 0 radical (unpaired) electrons. The number of ketones is 1. The minimum absolute atomic E-state index is 0.588. The molecule has 6 heteroatoms. The Morgan fingerprint density at radius 3 is 2.42 bits per heavy atom. The van der Waals surface area contributed by atoms with E-state index in [1.807, 2.05) is 0 Å². The second kappa shape index (κ2) is 5.69. The average Bonchev–Trinajstić information content (AvgIpc) is 2.27. The summed E-state index contributed by atoms with van der Waals surface area (Å²) in [5.41, 5.74) is -0.275. The van der Waals surface area contributed by atoms with Crippen LogP contribution in [0.2, 0.25) is 0 Å². The number of allylic oxidation sites excluding steroid dienone is 4. The second-order valence-electron chi connectivity index (χ2n) is 5.11. The normalized spacial score (nSPS) is 17.3. The quantitative estimate of drug-likeness (QED) is 0.752. The predicted octanol–water partition coefficient (Wildman–Crippen LogP) is 4.51. The van der Waals surface area contributed by atoms with Crippen LogP contribution in [0.15, 0.2) is 21.9 Å². The van der Waals surface area contributed by atoms with Gasteiger partial charge in [-0.2, -0.15) is 13.2 Å². The summed E-state index contributed by atoms with van der Waals surface area (Å²) in [7, 11) is 1.49. The third-order valence-electron chi connectivity index (χ3n) is 3.09. The third-order valence-corrected chi connectivity index (χ3v) is 3.71. The zero-order valence-corrected chi connectivity index (χ0v) is 12.6. The summed E-state index contributed by atoms with van der Waals surface area (Å²) in [5, 5.41) is 0. The van der Waals surface area contributed by atoms with Crippen LogP contribution < -0.4 is 0 Å². The fourth-order valence-corrected chi connectivity index (χ4v) is 2.49. The van der Waals surface area contributed by atoms with Crippen LogP contribution in [-0.2, 0) is 9.53 Å². The van der Waals surface area contributed by atoms with Crippen molar-refractivity contribution in [3.05, 3.63) is 21.9 Å². The molecule has 2 nitrogen and oxygen atoms in total. The third kappa shape index (κ3) is 4.09. The van der Waals surface area contributed by atoms with Gasteiger partial charge in [-0.25, -0.2) is 0 Å². The SMILES string of the molecule is COC1=C(C(C)(C)CC(=O)C(F)(F)F)C=C(Br)CC1. The highest BCUT2D eigenvalue weighted by Gasteiger charge is 2.42. The van der Waals surface area contributed by atoms with Gasteiger partial charge in [-0.3, -0.25) is 4.79 Å². The molecule has 0 aromatic rings. The van der Waals surface area contributed by atoms with E-state index in [-0.39, 0.29) is 0 Å². The number of carbonyl (C=O) groups excluding carboxylic acids is 1. The first-order chi connectivity index (χ1) is 8.58. The van der Waals surface area contributed by atoms with E-state index < -0.39 is 23.8 Å². The van der Waals surface area contributed by atoms with E-state index in [0.29, 0.717) is 17.8 Å². The number of Topliss-reactive ketones (excluding diaryl/α,β-unsaturated/α-hetero) is 1. The lowest BCUT2D eigenvalue weighted by Gasteiger charge is -2.30. The topological polar surface area (TPSA) is 26.3 Å². The summed E-state index contributed by atoms with van der Waals surface area (Å²) in [4.78, 5) is 11.2. The smallest absolute Gasteiger partial charge is 0.450 e. The Morgan fingerprint density at radius 1 is 1.37 bits per heavy atom. The lowest BCUT2D eigenvalue weighted by atomic mass is 9.77. The number of hydrogen-bond acceptors (Lipinski definition) is 2. The van der Waals surface area contributed by atoms with Crippen molar-refractivity contribution in [2.24, 2.45) is 5.41 Å². The minimum atomic E-state index is -4.79. The van der Waals surface area contributed by atoms with Gasteiger partial charge in [-0.05, 0) is 22.6 Å². The summed E-state index contributed by atoms with van der Waals surface area (Å²) >= 11 is 3.35. The minimum Gasteiger partial charge on any atom is -0.501 e. The van der Waals surface area contributed by atoms with Crippen molar-refractivity contribution in [3.8, 4) is 0 Å². The van der Waals surface area contributed by atoms with Gasteiger partial charge in [0.1, 0.15) is 0 Å². The Labute approximate surface area is 118 Å². The number of halogens is 4. The number of rotatable bonds is 4. The Bertz CT molecular complexity index is 434. The number of hydrogen-bond donors (Lipinski definition) is 0. The number of alkyl halides is 3. The second-order valence-corrected chi connectivity index (χ2v) is 6.13. The summed E-state index contributed by atoms with van der Waals surface area (Å²) in [5.74, 6) is -1.07. The molecule has 0 aromatic heterocycles. The molecular formula is C13H16BrF3O2. The molecule has 0 saturated heterocycles. The number of carbonyl (C=O) groups is 1. The molecule has 0 amide bonds. The zero-order chi connectivity index (χ0) is 14.8. The monoisotopic (exact) mass is 340 g/mol. The average molecular weight is 341 g/mol. The van der Waals surface area contributed by atoms with Crippen LogP contribution in [-0.4, -0.2) is 19.1 Å². The van der Waals surface area contributed by atoms with E-state index in [1.165, 1.54) is 7.11 Å². The number of methoxy groups -OCH3 is 1. The summed E-state index contributed by atoms with van der Waals surface area (Å²) < 4.78 is 43.3. The molecule has 0 spiro atoms. The van der Waals surface area contributed by atoms with Crippen LogP contribution >= 0.6 is 15.9 Å². The van der Waals surface area contributed by atoms with Gasteiger partial charge < -0.3 is 4.74 Å². The Kier molecular flexibility index (Phi) is 4.87. The molecular weight excluding hydrogens is 325 g/mol. The maximum Gasteiger partial charge on any atom is 0.450 e. The van der Waals surface area contributed by atoms with Gasteiger partial charge in [-0.15, -0.1) is 0 Å². The van der Waals surface area contributed by atoms with Crippen molar-refractivity contribution in [2.45, 2.75) is 39.3 Å². The van der Waals surface area contributed by atoms with Gasteiger partial charge in [0.05, 0.1) is 12.9 Å². The molecule has 0 aliphatic heterocycles. The van der Waals surface area contributed by atoms with Crippen molar-refractivity contribution in [1.29, 1.82) is 0 Å². The van der Waals surface area contributed by atoms with Gasteiger partial charge in [0.25, 0.3) is 0 Å². The molecule has 1 aliphatic rings. The van der Waals surface area contributed by atoms with Crippen LogP contribution in [0.25, 0.3) is 0 Å². The van der Waals surface area contributed by atoms with Crippen molar-refractivity contribution in [1.82, 2.24) is 0 Å². The van der Waals surface area contributed by atoms with Gasteiger partial charge in [0, 0.05) is 18.3 Å². The highest BCUT2D eigenvalue weighted by molar-refractivity contribution is 9.11. The van der Waals surface area contributed by atoms with E-state index in [9.17, 15) is 18.0 Å². The van der Waals surface area contributed by atoms with Crippen molar-refractivity contribution in [2.75, 3.05) is 7.11 Å². The van der Waals surface area contributed by atoms with Crippen LogP contribution in [0.1, 0.15) is 33.1 Å². The van der Waals surface area contributed by atoms with Crippen LogP contribution in [0, 0.1) is 5.41 Å². The zero-order valence-electron chi connectivity index (χ0n) is 11.0. The van der Waals surface area contributed by atoms with E-state index in [2.05, 4.69) is 15.9 Å². The first-order valence-corrected chi connectivity index (χ1v) is 6.61. The molecule has 0 fully saturated rings.